The molecular weight excluding hydrogens is 232 g/mol. The number of amides is 1. The van der Waals surface area contributed by atoms with Gasteiger partial charge < -0.3 is 9.64 Å². The van der Waals surface area contributed by atoms with E-state index in [0.29, 0.717) is 11.4 Å². The molecule has 0 atom stereocenters. The topological polar surface area (TPSA) is 78.3 Å². The molecule has 1 saturated heterocycles. The molecule has 0 bridgehead atoms. The van der Waals surface area contributed by atoms with Gasteiger partial charge in [0.25, 0.3) is 5.91 Å². The van der Waals surface area contributed by atoms with Crippen LogP contribution in [0, 0.1) is 0 Å². The highest BCUT2D eigenvalue weighted by molar-refractivity contribution is 5.78. The Morgan fingerprint density at radius 3 is 2.61 bits per heavy atom. The number of hydrogen-bond acceptors (Lipinski definition) is 3. The fourth-order valence-electron chi connectivity index (χ4n) is 1.86. The smallest absolute Gasteiger partial charge is 0.260 e. The molecule has 0 N–H and O–H groups in total. The third-order valence-corrected chi connectivity index (χ3v) is 2.82. The van der Waals surface area contributed by atoms with Crippen molar-refractivity contribution < 1.29 is 9.53 Å². The minimum Gasteiger partial charge on any atom is -0.484 e. The number of rotatable bonds is 4. The first kappa shape index (κ1) is 12.3. The van der Waals surface area contributed by atoms with Crippen LogP contribution in [0.25, 0.3) is 10.4 Å². The van der Waals surface area contributed by atoms with E-state index >= 15 is 0 Å². The predicted molar refractivity (Wildman–Crippen MR) is 66.6 cm³/mol. The summed E-state index contributed by atoms with van der Waals surface area (Å²) in [7, 11) is 0. The standard InChI is InChI=1S/C12H14N4O2/c13-15-14-10-3-5-11(6-4-10)18-9-12(17)16-7-1-2-8-16/h3-6H,1-2,7-9H2. The lowest BCUT2D eigenvalue weighted by Gasteiger charge is -2.15. The summed E-state index contributed by atoms with van der Waals surface area (Å²) in [6, 6.07) is 6.66. The number of likely N-dealkylation sites (tertiary alicyclic amines) is 1. The summed E-state index contributed by atoms with van der Waals surface area (Å²) in [5, 5.41) is 3.46. The van der Waals surface area contributed by atoms with E-state index in [0.717, 1.165) is 25.9 Å². The molecule has 1 aliphatic rings. The monoisotopic (exact) mass is 246 g/mol. The van der Waals surface area contributed by atoms with Gasteiger partial charge >= 0.3 is 0 Å². The molecule has 1 heterocycles. The summed E-state index contributed by atoms with van der Waals surface area (Å²) in [4.78, 5) is 16.2. The molecule has 0 saturated carbocycles. The summed E-state index contributed by atoms with van der Waals surface area (Å²) in [5.74, 6) is 0.617. The largest absolute Gasteiger partial charge is 0.484 e. The summed E-state index contributed by atoms with van der Waals surface area (Å²) >= 11 is 0. The van der Waals surface area contributed by atoms with Crippen LogP contribution in [0.4, 0.5) is 5.69 Å². The van der Waals surface area contributed by atoms with Gasteiger partial charge in [-0.2, -0.15) is 0 Å². The summed E-state index contributed by atoms with van der Waals surface area (Å²) in [6.07, 6.45) is 2.15. The SMILES string of the molecule is [N-]=[N+]=Nc1ccc(OCC(=O)N2CCCC2)cc1. The van der Waals surface area contributed by atoms with Crippen LogP contribution in [0.1, 0.15) is 12.8 Å². The lowest BCUT2D eigenvalue weighted by molar-refractivity contribution is -0.132. The molecule has 1 fully saturated rings. The molecule has 1 amide bonds. The normalized spacial score (nSPS) is 14.1. The molecule has 1 aliphatic heterocycles. The molecule has 94 valence electrons. The zero-order valence-corrected chi connectivity index (χ0v) is 9.95. The predicted octanol–water partition coefficient (Wildman–Crippen LogP) is 2.63. The summed E-state index contributed by atoms with van der Waals surface area (Å²) < 4.78 is 5.39. The van der Waals surface area contributed by atoms with Crippen LogP contribution >= 0.6 is 0 Å². The Balaban J connectivity index is 1.85. The second-order valence-corrected chi connectivity index (χ2v) is 4.06. The Hall–Kier alpha value is -2.20. The number of carbonyl (C=O) groups excluding carboxylic acids is 1. The molecule has 0 aromatic heterocycles. The maximum absolute atomic E-state index is 11.7. The second kappa shape index (κ2) is 5.93. The average Bonchev–Trinajstić information content (AvgIpc) is 2.92. The average molecular weight is 246 g/mol. The third-order valence-electron chi connectivity index (χ3n) is 2.82. The van der Waals surface area contributed by atoms with Gasteiger partial charge in [0.05, 0.1) is 0 Å². The number of nitrogens with zero attached hydrogens (tertiary/aromatic N) is 4. The van der Waals surface area contributed by atoms with Crippen molar-refractivity contribution in [3.63, 3.8) is 0 Å². The zero-order chi connectivity index (χ0) is 12.8. The van der Waals surface area contributed by atoms with Crippen LogP contribution in [0.5, 0.6) is 5.75 Å². The van der Waals surface area contributed by atoms with E-state index in [1.165, 1.54) is 0 Å². The van der Waals surface area contributed by atoms with E-state index in [1.54, 1.807) is 24.3 Å². The van der Waals surface area contributed by atoms with E-state index in [9.17, 15) is 4.79 Å². The van der Waals surface area contributed by atoms with Crippen LogP contribution in [-0.2, 0) is 4.79 Å². The first-order valence-corrected chi connectivity index (χ1v) is 5.85. The van der Waals surface area contributed by atoms with Crippen LogP contribution in [0.15, 0.2) is 29.4 Å². The van der Waals surface area contributed by atoms with Crippen molar-refractivity contribution in [2.24, 2.45) is 5.11 Å². The first-order valence-electron chi connectivity index (χ1n) is 5.85. The highest BCUT2D eigenvalue weighted by atomic mass is 16.5. The Morgan fingerprint density at radius 1 is 1.33 bits per heavy atom. The van der Waals surface area contributed by atoms with Gasteiger partial charge in [0.2, 0.25) is 0 Å². The quantitative estimate of drug-likeness (QED) is 0.465. The molecule has 18 heavy (non-hydrogen) atoms. The molecule has 2 rings (SSSR count). The van der Waals surface area contributed by atoms with E-state index in [1.807, 2.05) is 4.90 Å². The Morgan fingerprint density at radius 2 is 2.00 bits per heavy atom. The number of azide groups is 1. The van der Waals surface area contributed by atoms with Crippen molar-refractivity contribution in [1.82, 2.24) is 4.90 Å². The van der Waals surface area contributed by atoms with Crippen LogP contribution < -0.4 is 4.74 Å². The Bertz CT molecular complexity index is 459. The molecule has 0 radical (unpaired) electrons. The summed E-state index contributed by atoms with van der Waals surface area (Å²) in [6.45, 7) is 1.72. The minimum absolute atomic E-state index is 0.0200. The van der Waals surface area contributed by atoms with Gasteiger partial charge in [-0.15, -0.1) is 0 Å². The second-order valence-electron chi connectivity index (χ2n) is 4.06. The zero-order valence-electron chi connectivity index (χ0n) is 9.95. The Kier molecular flexibility index (Phi) is 4.04. The maximum atomic E-state index is 11.7. The first-order chi connectivity index (χ1) is 8.79. The molecule has 0 unspecified atom stereocenters. The van der Waals surface area contributed by atoms with Crippen molar-refractivity contribution in [3.8, 4) is 5.75 Å². The van der Waals surface area contributed by atoms with Crippen LogP contribution in [0.2, 0.25) is 0 Å². The van der Waals surface area contributed by atoms with Gasteiger partial charge in [-0.1, -0.05) is 5.11 Å². The van der Waals surface area contributed by atoms with Crippen molar-refractivity contribution in [2.45, 2.75) is 12.8 Å². The Labute approximate surface area is 105 Å². The van der Waals surface area contributed by atoms with Gasteiger partial charge in [-0.05, 0) is 42.6 Å². The minimum atomic E-state index is 0.0200. The highest BCUT2D eigenvalue weighted by Gasteiger charge is 2.17. The number of carbonyl (C=O) groups is 1. The molecule has 6 heteroatoms. The lowest BCUT2D eigenvalue weighted by atomic mass is 10.3. The fourth-order valence-corrected chi connectivity index (χ4v) is 1.86. The van der Waals surface area contributed by atoms with E-state index in [2.05, 4.69) is 10.0 Å². The number of hydrogen-bond donors (Lipinski definition) is 0. The van der Waals surface area contributed by atoms with Gasteiger partial charge in [0, 0.05) is 23.7 Å². The van der Waals surface area contributed by atoms with Crippen molar-refractivity contribution in [2.75, 3.05) is 19.7 Å². The molecule has 1 aromatic carbocycles. The summed E-state index contributed by atoms with van der Waals surface area (Å²) in [5.41, 5.74) is 8.79. The van der Waals surface area contributed by atoms with E-state index < -0.39 is 0 Å². The van der Waals surface area contributed by atoms with Crippen molar-refractivity contribution >= 4 is 11.6 Å². The van der Waals surface area contributed by atoms with E-state index in [-0.39, 0.29) is 12.5 Å². The number of ether oxygens (including phenoxy) is 1. The third kappa shape index (κ3) is 3.15. The van der Waals surface area contributed by atoms with Gasteiger partial charge in [0.15, 0.2) is 6.61 Å². The van der Waals surface area contributed by atoms with Gasteiger partial charge in [0.1, 0.15) is 5.75 Å². The molecule has 6 nitrogen and oxygen atoms in total. The van der Waals surface area contributed by atoms with E-state index in [4.69, 9.17) is 10.3 Å². The van der Waals surface area contributed by atoms with Crippen molar-refractivity contribution in [3.05, 3.63) is 34.7 Å². The molecular formula is C12H14N4O2. The highest BCUT2D eigenvalue weighted by Crippen LogP contribution is 2.18. The van der Waals surface area contributed by atoms with Crippen molar-refractivity contribution in [1.29, 1.82) is 0 Å². The van der Waals surface area contributed by atoms with Crippen LogP contribution in [-0.4, -0.2) is 30.5 Å². The lowest BCUT2D eigenvalue weighted by Crippen LogP contribution is -2.32. The fraction of sp³-hybridized carbons (Fsp3) is 0.417. The maximum Gasteiger partial charge on any atom is 0.260 e. The number of benzene rings is 1. The van der Waals surface area contributed by atoms with Gasteiger partial charge in [-0.25, -0.2) is 0 Å². The molecule has 1 aromatic rings. The van der Waals surface area contributed by atoms with Gasteiger partial charge in [-0.3, -0.25) is 4.79 Å². The van der Waals surface area contributed by atoms with Crippen LogP contribution in [0.3, 0.4) is 0 Å². The molecule has 0 aliphatic carbocycles. The molecule has 0 spiro atoms.